The smallest absolute Gasteiger partial charge is 0.191 e. The average Bonchev–Trinajstić information content (AvgIpc) is 3.10. The Hall–Kier alpha value is -2.44. The zero-order valence-corrected chi connectivity index (χ0v) is 15.7. The van der Waals surface area contributed by atoms with Crippen molar-refractivity contribution in [1.29, 1.82) is 0 Å². The van der Waals surface area contributed by atoms with Crippen LogP contribution in [0.15, 0.2) is 35.6 Å². The highest BCUT2D eigenvalue weighted by Gasteiger charge is 2.03. The van der Waals surface area contributed by atoms with E-state index in [0.717, 1.165) is 69.2 Å². The number of aromatic nitrogens is 3. The summed E-state index contributed by atoms with van der Waals surface area (Å²) in [5, 5.41) is 14.8. The SMILES string of the molecule is CCCCN=C(NCCc1ccc(F)cc1)NCCn1cnnc1CC. The van der Waals surface area contributed by atoms with E-state index < -0.39 is 0 Å². The Balaban J connectivity index is 1.80. The molecule has 0 amide bonds. The van der Waals surface area contributed by atoms with E-state index in [9.17, 15) is 4.39 Å². The van der Waals surface area contributed by atoms with E-state index in [2.05, 4.69) is 44.2 Å². The molecule has 0 saturated carbocycles. The first-order valence-electron chi connectivity index (χ1n) is 9.36. The predicted molar refractivity (Wildman–Crippen MR) is 103 cm³/mol. The molecule has 0 aliphatic rings. The third-order valence-corrected chi connectivity index (χ3v) is 4.06. The van der Waals surface area contributed by atoms with Gasteiger partial charge in [0.15, 0.2) is 5.96 Å². The van der Waals surface area contributed by atoms with Gasteiger partial charge in [0.25, 0.3) is 0 Å². The van der Waals surface area contributed by atoms with Crippen LogP contribution < -0.4 is 10.6 Å². The molecule has 0 spiro atoms. The molecule has 1 heterocycles. The average molecular weight is 360 g/mol. The minimum absolute atomic E-state index is 0.203. The number of nitrogens with one attached hydrogen (secondary N) is 2. The van der Waals surface area contributed by atoms with Gasteiger partial charge in [-0.2, -0.15) is 0 Å². The molecular weight excluding hydrogens is 331 g/mol. The van der Waals surface area contributed by atoms with Crippen molar-refractivity contribution >= 4 is 5.96 Å². The van der Waals surface area contributed by atoms with Crippen molar-refractivity contribution in [3.05, 3.63) is 47.8 Å². The van der Waals surface area contributed by atoms with E-state index in [1.165, 1.54) is 12.1 Å². The molecule has 2 aromatic rings. The van der Waals surface area contributed by atoms with Gasteiger partial charge in [-0.15, -0.1) is 10.2 Å². The summed E-state index contributed by atoms with van der Waals surface area (Å²) in [6.07, 6.45) is 5.63. The molecule has 142 valence electrons. The topological polar surface area (TPSA) is 67.1 Å². The molecule has 0 atom stereocenters. The van der Waals surface area contributed by atoms with Crippen molar-refractivity contribution in [3.63, 3.8) is 0 Å². The van der Waals surface area contributed by atoms with E-state index in [-0.39, 0.29) is 5.82 Å². The molecule has 0 saturated heterocycles. The quantitative estimate of drug-likeness (QED) is 0.388. The van der Waals surface area contributed by atoms with Crippen LogP contribution in [0, 0.1) is 5.82 Å². The van der Waals surface area contributed by atoms with Gasteiger partial charge >= 0.3 is 0 Å². The zero-order valence-electron chi connectivity index (χ0n) is 15.7. The largest absolute Gasteiger partial charge is 0.356 e. The maximum absolute atomic E-state index is 13.0. The summed E-state index contributed by atoms with van der Waals surface area (Å²) >= 11 is 0. The van der Waals surface area contributed by atoms with Crippen molar-refractivity contribution in [2.45, 2.75) is 46.1 Å². The lowest BCUT2D eigenvalue weighted by molar-refractivity contribution is 0.626. The Kier molecular flexibility index (Phi) is 8.59. The lowest BCUT2D eigenvalue weighted by atomic mass is 10.1. The fourth-order valence-electron chi connectivity index (χ4n) is 2.53. The van der Waals surface area contributed by atoms with Crippen LogP contribution in [0.5, 0.6) is 0 Å². The number of unbranched alkanes of at least 4 members (excludes halogenated alkanes) is 1. The van der Waals surface area contributed by atoms with Gasteiger partial charge in [-0.05, 0) is 30.5 Å². The summed E-state index contributed by atoms with van der Waals surface area (Å²) in [5.74, 6) is 1.60. The summed E-state index contributed by atoms with van der Waals surface area (Å²) in [4.78, 5) is 4.61. The lowest BCUT2D eigenvalue weighted by Crippen LogP contribution is -2.40. The number of rotatable bonds is 10. The maximum Gasteiger partial charge on any atom is 0.191 e. The van der Waals surface area contributed by atoms with Crippen LogP contribution in [-0.2, 0) is 19.4 Å². The van der Waals surface area contributed by atoms with Crippen molar-refractivity contribution < 1.29 is 4.39 Å². The third-order valence-electron chi connectivity index (χ3n) is 4.06. The molecule has 0 bridgehead atoms. The van der Waals surface area contributed by atoms with Crippen molar-refractivity contribution in [2.24, 2.45) is 4.99 Å². The van der Waals surface area contributed by atoms with E-state index in [0.29, 0.717) is 0 Å². The summed E-state index contributed by atoms with van der Waals surface area (Å²) in [7, 11) is 0. The highest BCUT2D eigenvalue weighted by atomic mass is 19.1. The molecule has 0 radical (unpaired) electrons. The summed E-state index contributed by atoms with van der Waals surface area (Å²) in [6, 6.07) is 6.62. The molecule has 7 heteroatoms. The van der Waals surface area contributed by atoms with Gasteiger partial charge in [-0.25, -0.2) is 4.39 Å². The van der Waals surface area contributed by atoms with Gasteiger partial charge in [0.05, 0.1) is 0 Å². The number of guanidine groups is 1. The fraction of sp³-hybridized carbons (Fsp3) is 0.526. The van der Waals surface area contributed by atoms with Gasteiger partial charge in [0.2, 0.25) is 0 Å². The van der Waals surface area contributed by atoms with Crippen LogP contribution in [0.2, 0.25) is 0 Å². The Morgan fingerprint density at radius 1 is 1.15 bits per heavy atom. The van der Waals surface area contributed by atoms with Crippen LogP contribution in [0.1, 0.15) is 38.1 Å². The Morgan fingerprint density at radius 3 is 2.65 bits per heavy atom. The molecule has 1 aromatic carbocycles. The molecule has 0 aliphatic carbocycles. The number of aliphatic imine (C=N–C) groups is 1. The molecule has 0 aliphatic heterocycles. The number of benzene rings is 1. The van der Waals surface area contributed by atoms with Crippen molar-refractivity contribution in [1.82, 2.24) is 25.4 Å². The Bertz CT molecular complexity index is 665. The Morgan fingerprint density at radius 2 is 1.92 bits per heavy atom. The first kappa shape index (κ1) is 19.9. The minimum atomic E-state index is -0.203. The third kappa shape index (κ3) is 6.82. The standard InChI is InChI=1S/C19H29FN6/c1-3-5-11-21-19(22-12-10-16-6-8-17(20)9-7-16)23-13-14-26-15-24-25-18(26)4-2/h6-9,15H,3-5,10-14H2,1-2H3,(H2,21,22,23). The summed E-state index contributed by atoms with van der Waals surface area (Å²) in [5.41, 5.74) is 1.10. The minimum Gasteiger partial charge on any atom is -0.356 e. The van der Waals surface area contributed by atoms with E-state index in [1.54, 1.807) is 6.33 Å². The normalized spacial score (nSPS) is 11.6. The first-order chi connectivity index (χ1) is 12.7. The molecule has 0 fully saturated rings. The fourth-order valence-corrected chi connectivity index (χ4v) is 2.53. The molecule has 1 aromatic heterocycles. The van der Waals surface area contributed by atoms with Crippen molar-refractivity contribution in [2.75, 3.05) is 19.6 Å². The first-order valence-corrected chi connectivity index (χ1v) is 9.36. The van der Waals surface area contributed by atoms with Gasteiger partial charge in [-0.3, -0.25) is 4.99 Å². The molecule has 26 heavy (non-hydrogen) atoms. The number of hydrogen-bond donors (Lipinski definition) is 2. The second-order valence-corrected chi connectivity index (χ2v) is 6.11. The molecule has 2 N–H and O–H groups in total. The number of aryl methyl sites for hydroxylation is 1. The van der Waals surface area contributed by atoms with Gasteiger partial charge < -0.3 is 15.2 Å². The molecular formula is C19H29FN6. The van der Waals surface area contributed by atoms with E-state index >= 15 is 0 Å². The summed E-state index contributed by atoms with van der Waals surface area (Å²) in [6.45, 7) is 7.32. The predicted octanol–water partition coefficient (Wildman–Crippen LogP) is 2.56. The van der Waals surface area contributed by atoms with Gasteiger partial charge in [0, 0.05) is 32.6 Å². The van der Waals surface area contributed by atoms with Crippen LogP contribution in [0.3, 0.4) is 0 Å². The molecule has 6 nitrogen and oxygen atoms in total. The van der Waals surface area contributed by atoms with Crippen LogP contribution in [0.4, 0.5) is 4.39 Å². The van der Waals surface area contributed by atoms with E-state index in [1.807, 2.05) is 12.1 Å². The second kappa shape index (κ2) is 11.2. The van der Waals surface area contributed by atoms with E-state index in [4.69, 9.17) is 0 Å². The lowest BCUT2D eigenvalue weighted by Gasteiger charge is -2.13. The van der Waals surface area contributed by atoms with Crippen molar-refractivity contribution in [3.8, 4) is 0 Å². The molecule has 0 unspecified atom stereocenters. The highest BCUT2D eigenvalue weighted by molar-refractivity contribution is 5.79. The second-order valence-electron chi connectivity index (χ2n) is 6.11. The summed E-state index contributed by atoms with van der Waals surface area (Å²) < 4.78 is 15.0. The number of halogens is 1. The van der Waals surface area contributed by atoms with Crippen LogP contribution >= 0.6 is 0 Å². The monoisotopic (exact) mass is 360 g/mol. The zero-order chi connectivity index (χ0) is 18.6. The highest BCUT2D eigenvalue weighted by Crippen LogP contribution is 2.02. The number of nitrogens with zero attached hydrogens (tertiary/aromatic N) is 4. The van der Waals surface area contributed by atoms with Gasteiger partial charge in [-0.1, -0.05) is 32.4 Å². The molecule has 2 rings (SSSR count). The van der Waals surface area contributed by atoms with Gasteiger partial charge in [0.1, 0.15) is 18.0 Å². The van der Waals surface area contributed by atoms with Crippen LogP contribution in [-0.4, -0.2) is 40.4 Å². The maximum atomic E-state index is 13.0. The Labute approximate surface area is 154 Å². The number of hydrogen-bond acceptors (Lipinski definition) is 3. The van der Waals surface area contributed by atoms with Crippen LogP contribution in [0.25, 0.3) is 0 Å².